The van der Waals surface area contributed by atoms with Gasteiger partial charge in [0.05, 0.1) is 12.2 Å². The Balaban J connectivity index is 1.82. The van der Waals surface area contributed by atoms with Crippen molar-refractivity contribution < 1.29 is 4.52 Å². The van der Waals surface area contributed by atoms with Crippen LogP contribution in [0.1, 0.15) is 38.6 Å². The summed E-state index contributed by atoms with van der Waals surface area (Å²) in [6, 6.07) is 2.56. The minimum Gasteiger partial charge on any atom is -0.360 e. The Labute approximate surface area is 120 Å². The van der Waals surface area contributed by atoms with Crippen LogP contribution in [0.2, 0.25) is 0 Å². The maximum atomic E-state index is 5.43. The number of hydrogen-bond acceptors (Lipinski definition) is 5. The molecule has 0 saturated carbocycles. The zero-order chi connectivity index (χ0) is 13.7. The van der Waals surface area contributed by atoms with Gasteiger partial charge in [-0.25, -0.2) is 0 Å². The van der Waals surface area contributed by atoms with Crippen LogP contribution < -0.4 is 5.32 Å². The molecule has 108 valence electrons. The van der Waals surface area contributed by atoms with E-state index in [1.54, 1.807) is 0 Å². The van der Waals surface area contributed by atoms with Crippen molar-refractivity contribution in [3.05, 3.63) is 17.5 Å². The topological polar surface area (TPSA) is 41.3 Å². The van der Waals surface area contributed by atoms with E-state index in [0.29, 0.717) is 6.04 Å². The summed E-state index contributed by atoms with van der Waals surface area (Å²) in [6.07, 6.45) is 1.25. The lowest BCUT2D eigenvalue weighted by molar-refractivity contribution is 0.236. The molecule has 0 bridgehead atoms. The third-order valence-corrected chi connectivity index (χ3v) is 4.73. The summed E-state index contributed by atoms with van der Waals surface area (Å²) in [5.74, 6) is 2.22. The van der Waals surface area contributed by atoms with Gasteiger partial charge >= 0.3 is 0 Å². The number of aromatic nitrogens is 1. The van der Waals surface area contributed by atoms with Crippen LogP contribution in [-0.2, 0) is 13.1 Å². The van der Waals surface area contributed by atoms with Crippen molar-refractivity contribution in [2.24, 2.45) is 0 Å². The molecule has 1 fully saturated rings. The maximum absolute atomic E-state index is 5.43. The average molecular weight is 283 g/mol. The van der Waals surface area contributed by atoms with Gasteiger partial charge in [-0.2, -0.15) is 11.8 Å². The zero-order valence-corrected chi connectivity index (χ0v) is 13.0. The summed E-state index contributed by atoms with van der Waals surface area (Å²) in [6.45, 7) is 10.5. The van der Waals surface area contributed by atoms with Crippen molar-refractivity contribution in [3.8, 4) is 0 Å². The Kier molecular flexibility index (Phi) is 5.73. The molecule has 0 aliphatic carbocycles. The van der Waals surface area contributed by atoms with E-state index in [9.17, 15) is 0 Å². The molecule has 1 aromatic rings. The summed E-state index contributed by atoms with van der Waals surface area (Å²) in [4.78, 5) is 2.48. The van der Waals surface area contributed by atoms with E-state index in [-0.39, 0.29) is 0 Å². The first kappa shape index (κ1) is 14.9. The van der Waals surface area contributed by atoms with Crippen LogP contribution in [0.3, 0.4) is 0 Å². The van der Waals surface area contributed by atoms with Crippen LogP contribution in [0.15, 0.2) is 10.6 Å². The largest absolute Gasteiger partial charge is 0.360 e. The van der Waals surface area contributed by atoms with Crippen molar-refractivity contribution in [3.63, 3.8) is 0 Å². The first-order valence-electron chi connectivity index (χ1n) is 7.19. The molecule has 1 aliphatic heterocycles. The quantitative estimate of drug-likeness (QED) is 0.869. The summed E-state index contributed by atoms with van der Waals surface area (Å²) in [5, 5.41) is 8.26. The highest BCUT2D eigenvalue weighted by Gasteiger charge is 2.20. The van der Waals surface area contributed by atoms with Crippen molar-refractivity contribution in [2.45, 2.75) is 51.6 Å². The SMILES string of the molecule is CCC1CN(Cc2cc(CNC(C)C)no2)CCS1. The fourth-order valence-electron chi connectivity index (χ4n) is 2.21. The van der Waals surface area contributed by atoms with Gasteiger partial charge in [-0.05, 0) is 6.42 Å². The molecule has 1 atom stereocenters. The standard InChI is InChI=1S/C14H25N3OS/c1-4-14-10-17(5-6-19-14)9-13-7-12(16-18-13)8-15-11(2)3/h7,11,14-15H,4-6,8-10H2,1-3H3. The Bertz CT molecular complexity index is 381. The molecule has 1 aromatic heterocycles. The van der Waals surface area contributed by atoms with Gasteiger partial charge in [0.2, 0.25) is 0 Å². The number of thioether (sulfide) groups is 1. The second kappa shape index (κ2) is 7.31. The summed E-state index contributed by atoms with van der Waals surface area (Å²) >= 11 is 2.10. The Morgan fingerprint density at radius 2 is 2.42 bits per heavy atom. The second-order valence-electron chi connectivity index (χ2n) is 5.46. The van der Waals surface area contributed by atoms with Crippen LogP contribution in [0.4, 0.5) is 0 Å². The van der Waals surface area contributed by atoms with Gasteiger partial charge in [0.1, 0.15) is 0 Å². The third kappa shape index (κ3) is 4.82. The normalized spacial score (nSPS) is 21.2. The van der Waals surface area contributed by atoms with E-state index in [2.05, 4.69) is 54.0 Å². The van der Waals surface area contributed by atoms with Gasteiger partial charge in [-0.1, -0.05) is 25.9 Å². The van der Waals surface area contributed by atoms with Gasteiger partial charge in [0.15, 0.2) is 5.76 Å². The van der Waals surface area contributed by atoms with E-state index in [1.807, 2.05) is 0 Å². The fraction of sp³-hybridized carbons (Fsp3) is 0.786. The van der Waals surface area contributed by atoms with Gasteiger partial charge in [0, 0.05) is 42.7 Å². The summed E-state index contributed by atoms with van der Waals surface area (Å²) in [7, 11) is 0. The Hall–Kier alpha value is -0.520. The highest BCUT2D eigenvalue weighted by atomic mass is 32.2. The van der Waals surface area contributed by atoms with E-state index >= 15 is 0 Å². The lowest BCUT2D eigenvalue weighted by Crippen LogP contribution is -2.36. The molecule has 4 nitrogen and oxygen atoms in total. The van der Waals surface area contributed by atoms with E-state index in [1.165, 1.54) is 18.7 Å². The Morgan fingerprint density at radius 3 is 3.16 bits per heavy atom. The first-order valence-corrected chi connectivity index (χ1v) is 8.24. The van der Waals surface area contributed by atoms with Crippen LogP contribution >= 0.6 is 11.8 Å². The molecule has 0 amide bonds. The minimum atomic E-state index is 0.476. The number of hydrogen-bond donors (Lipinski definition) is 1. The summed E-state index contributed by atoms with van der Waals surface area (Å²) < 4.78 is 5.43. The molecule has 1 N–H and O–H groups in total. The lowest BCUT2D eigenvalue weighted by atomic mass is 10.2. The highest BCUT2D eigenvalue weighted by molar-refractivity contribution is 8.00. The zero-order valence-electron chi connectivity index (χ0n) is 12.2. The first-order chi connectivity index (χ1) is 9.17. The van der Waals surface area contributed by atoms with E-state index in [4.69, 9.17) is 4.52 Å². The molecule has 1 unspecified atom stereocenters. The van der Waals surface area contributed by atoms with Crippen molar-refractivity contribution in [1.82, 2.24) is 15.4 Å². The van der Waals surface area contributed by atoms with Gasteiger partial charge in [-0.15, -0.1) is 0 Å². The summed E-state index contributed by atoms with van der Waals surface area (Å²) in [5.41, 5.74) is 1.00. The van der Waals surface area contributed by atoms with Gasteiger partial charge < -0.3 is 9.84 Å². The molecular formula is C14H25N3OS. The molecule has 1 aliphatic rings. The average Bonchev–Trinajstić information content (AvgIpc) is 2.84. The van der Waals surface area contributed by atoms with E-state index in [0.717, 1.165) is 36.3 Å². The number of nitrogens with zero attached hydrogens (tertiary/aromatic N) is 2. The smallest absolute Gasteiger partial charge is 0.151 e. The highest BCUT2D eigenvalue weighted by Crippen LogP contribution is 2.22. The molecule has 19 heavy (non-hydrogen) atoms. The van der Waals surface area contributed by atoms with Crippen molar-refractivity contribution >= 4 is 11.8 Å². The van der Waals surface area contributed by atoms with Crippen molar-refractivity contribution in [1.29, 1.82) is 0 Å². The Morgan fingerprint density at radius 1 is 1.58 bits per heavy atom. The van der Waals surface area contributed by atoms with Crippen LogP contribution in [0, 0.1) is 0 Å². The number of rotatable bonds is 6. The molecular weight excluding hydrogens is 258 g/mol. The minimum absolute atomic E-state index is 0.476. The molecule has 2 heterocycles. The van der Waals surface area contributed by atoms with Gasteiger partial charge in [-0.3, -0.25) is 4.90 Å². The second-order valence-corrected chi connectivity index (χ2v) is 6.86. The van der Waals surface area contributed by atoms with Crippen LogP contribution in [-0.4, -0.2) is 40.2 Å². The van der Waals surface area contributed by atoms with Gasteiger partial charge in [0.25, 0.3) is 0 Å². The molecule has 0 spiro atoms. The predicted octanol–water partition coefficient (Wildman–Crippen LogP) is 2.50. The monoisotopic (exact) mass is 283 g/mol. The molecule has 0 radical (unpaired) electrons. The molecule has 5 heteroatoms. The molecule has 2 rings (SSSR count). The van der Waals surface area contributed by atoms with Crippen LogP contribution in [0.5, 0.6) is 0 Å². The maximum Gasteiger partial charge on any atom is 0.151 e. The van der Waals surface area contributed by atoms with E-state index < -0.39 is 0 Å². The fourth-order valence-corrected chi connectivity index (χ4v) is 3.46. The lowest BCUT2D eigenvalue weighted by Gasteiger charge is -2.30. The van der Waals surface area contributed by atoms with Crippen molar-refractivity contribution in [2.75, 3.05) is 18.8 Å². The predicted molar refractivity (Wildman–Crippen MR) is 80.3 cm³/mol. The molecule has 0 aromatic carbocycles. The number of nitrogens with one attached hydrogen (secondary N) is 1. The molecule has 1 saturated heterocycles. The third-order valence-electron chi connectivity index (χ3n) is 3.36. The van der Waals surface area contributed by atoms with Crippen LogP contribution in [0.25, 0.3) is 0 Å².